The lowest BCUT2D eigenvalue weighted by molar-refractivity contribution is -0.124. The first kappa shape index (κ1) is 15.7. The van der Waals surface area contributed by atoms with Crippen molar-refractivity contribution in [3.8, 4) is 0 Å². The molecule has 2 amide bonds. The zero-order chi connectivity index (χ0) is 16.1. The van der Waals surface area contributed by atoms with Crippen molar-refractivity contribution < 1.29 is 19.1 Å². The van der Waals surface area contributed by atoms with E-state index < -0.39 is 12.1 Å². The van der Waals surface area contributed by atoms with Gasteiger partial charge in [0.05, 0.1) is 6.61 Å². The van der Waals surface area contributed by atoms with E-state index in [1.54, 1.807) is 12.4 Å². The van der Waals surface area contributed by atoms with Crippen molar-refractivity contribution >= 4 is 12.0 Å². The van der Waals surface area contributed by atoms with Crippen molar-refractivity contribution in [2.24, 2.45) is 5.92 Å². The normalized spacial score (nSPS) is 23.8. The van der Waals surface area contributed by atoms with Crippen LogP contribution in [0.2, 0.25) is 0 Å². The van der Waals surface area contributed by atoms with Gasteiger partial charge >= 0.3 is 6.09 Å². The average molecular weight is 319 g/mol. The fourth-order valence-electron chi connectivity index (χ4n) is 2.87. The number of ether oxygens (including phenoxy) is 2. The van der Waals surface area contributed by atoms with E-state index in [1.807, 2.05) is 12.1 Å². The van der Waals surface area contributed by atoms with Crippen LogP contribution in [0.1, 0.15) is 12.0 Å². The maximum atomic E-state index is 12.3. The summed E-state index contributed by atoms with van der Waals surface area (Å²) in [6.45, 7) is 2.49. The van der Waals surface area contributed by atoms with Crippen LogP contribution in [-0.2, 0) is 20.7 Å². The molecular formula is C16H21N3O4. The lowest BCUT2D eigenvalue weighted by atomic mass is 10.1. The number of hydrogen-bond acceptors (Lipinski definition) is 5. The molecule has 2 atom stereocenters. The van der Waals surface area contributed by atoms with Crippen LogP contribution in [0.15, 0.2) is 24.5 Å². The molecule has 3 heterocycles. The van der Waals surface area contributed by atoms with Crippen LogP contribution in [-0.4, -0.2) is 60.8 Å². The lowest BCUT2D eigenvalue weighted by Gasteiger charge is -2.23. The summed E-state index contributed by atoms with van der Waals surface area (Å²) in [5, 5.41) is 2.88. The van der Waals surface area contributed by atoms with E-state index in [2.05, 4.69) is 10.3 Å². The average Bonchev–Trinajstić information content (AvgIpc) is 3.20. The second kappa shape index (κ2) is 7.41. The monoisotopic (exact) mass is 319 g/mol. The molecule has 2 fully saturated rings. The van der Waals surface area contributed by atoms with Gasteiger partial charge in [-0.15, -0.1) is 0 Å². The van der Waals surface area contributed by atoms with Crippen LogP contribution >= 0.6 is 0 Å². The van der Waals surface area contributed by atoms with Crippen LogP contribution in [0.3, 0.4) is 0 Å². The molecule has 7 nitrogen and oxygen atoms in total. The summed E-state index contributed by atoms with van der Waals surface area (Å²) < 4.78 is 10.4. The summed E-state index contributed by atoms with van der Waals surface area (Å²) >= 11 is 0. The number of carbonyl (C=O) groups is 2. The minimum atomic E-state index is -0.544. The number of aromatic nitrogens is 1. The lowest BCUT2D eigenvalue weighted by Crippen LogP contribution is -2.47. The second-order valence-electron chi connectivity index (χ2n) is 5.88. The Hall–Kier alpha value is -2.15. The topological polar surface area (TPSA) is 80.8 Å². The number of amides is 2. The molecule has 7 heteroatoms. The Bertz CT molecular complexity index is 546. The fraction of sp³-hybridized carbons (Fsp3) is 0.562. The summed E-state index contributed by atoms with van der Waals surface area (Å²) in [6, 6.07) is 3.29. The van der Waals surface area contributed by atoms with Gasteiger partial charge in [0, 0.05) is 38.0 Å². The van der Waals surface area contributed by atoms with Crippen molar-refractivity contribution in [3.63, 3.8) is 0 Å². The van der Waals surface area contributed by atoms with Gasteiger partial charge in [-0.2, -0.15) is 0 Å². The maximum Gasteiger partial charge on any atom is 0.410 e. The van der Waals surface area contributed by atoms with Gasteiger partial charge in [-0.05, 0) is 24.5 Å². The highest BCUT2D eigenvalue weighted by Gasteiger charge is 2.39. The van der Waals surface area contributed by atoms with Crippen molar-refractivity contribution in [2.75, 3.05) is 32.9 Å². The van der Waals surface area contributed by atoms with E-state index in [1.165, 1.54) is 4.90 Å². The summed E-state index contributed by atoms with van der Waals surface area (Å²) in [4.78, 5) is 29.7. The number of cyclic esters (lactones) is 1. The number of hydrogen-bond donors (Lipinski definition) is 1. The Morgan fingerprint density at radius 1 is 1.43 bits per heavy atom. The molecule has 1 unspecified atom stereocenters. The quantitative estimate of drug-likeness (QED) is 0.830. The Kier molecular flexibility index (Phi) is 5.07. The highest BCUT2D eigenvalue weighted by Crippen LogP contribution is 2.20. The molecule has 1 N–H and O–H groups in total. The zero-order valence-corrected chi connectivity index (χ0v) is 12.9. The zero-order valence-electron chi connectivity index (χ0n) is 12.9. The Balaban J connectivity index is 1.49. The summed E-state index contributed by atoms with van der Waals surface area (Å²) in [7, 11) is 0. The smallest absolute Gasteiger partial charge is 0.410 e. The molecule has 2 aliphatic heterocycles. The van der Waals surface area contributed by atoms with Crippen LogP contribution in [0.25, 0.3) is 0 Å². The van der Waals surface area contributed by atoms with Crippen molar-refractivity contribution in [1.29, 1.82) is 0 Å². The third-order valence-corrected chi connectivity index (χ3v) is 4.19. The number of nitrogens with zero attached hydrogens (tertiary/aromatic N) is 2. The van der Waals surface area contributed by atoms with Gasteiger partial charge in [-0.3, -0.25) is 14.7 Å². The molecule has 0 bridgehead atoms. The Morgan fingerprint density at radius 2 is 2.35 bits per heavy atom. The molecule has 0 spiro atoms. The van der Waals surface area contributed by atoms with Gasteiger partial charge in [-0.25, -0.2) is 4.79 Å². The summed E-state index contributed by atoms with van der Waals surface area (Å²) in [5.41, 5.74) is 1.06. The molecule has 1 aromatic rings. The highest BCUT2D eigenvalue weighted by molar-refractivity contribution is 5.87. The van der Waals surface area contributed by atoms with Gasteiger partial charge in [0.25, 0.3) is 0 Å². The predicted molar refractivity (Wildman–Crippen MR) is 81.7 cm³/mol. The number of pyridine rings is 1. The number of rotatable bonds is 6. The first-order valence-corrected chi connectivity index (χ1v) is 7.92. The Morgan fingerprint density at radius 3 is 3.09 bits per heavy atom. The van der Waals surface area contributed by atoms with Gasteiger partial charge in [-0.1, -0.05) is 6.07 Å². The molecule has 2 saturated heterocycles. The number of nitrogens with one attached hydrogen (secondary N) is 1. The van der Waals surface area contributed by atoms with E-state index in [9.17, 15) is 9.59 Å². The minimum Gasteiger partial charge on any atom is -0.447 e. The van der Waals surface area contributed by atoms with Crippen LogP contribution in [0.5, 0.6) is 0 Å². The maximum absolute atomic E-state index is 12.3. The Labute approximate surface area is 135 Å². The molecule has 3 rings (SSSR count). The molecule has 2 aliphatic rings. The van der Waals surface area contributed by atoms with E-state index in [-0.39, 0.29) is 18.4 Å². The van der Waals surface area contributed by atoms with E-state index in [0.717, 1.165) is 18.6 Å². The minimum absolute atomic E-state index is 0.116. The van der Waals surface area contributed by atoms with Crippen molar-refractivity contribution in [2.45, 2.75) is 18.9 Å². The molecule has 0 saturated carbocycles. The highest BCUT2D eigenvalue weighted by atomic mass is 16.6. The standard InChI is InChI=1S/C16H21N3O4/c20-15(18-6-3-12-2-1-5-17-8-12)14-11-23-16(21)19(14)9-13-4-7-22-10-13/h1-2,5,8,13-14H,3-4,6-7,9-11H2,(H,18,20)/t13?,14-/m0/s1. The van der Waals surface area contributed by atoms with Gasteiger partial charge < -0.3 is 14.8 Å². The first-order chi connectivity index (χ1) is 11.2. The second-order valence-corrected chi connectivity index (χ2v) is 5.88. The molecule has 0 aromatic carbocycles. The van der Waals surface area contributed by atoms with Crippen LogP contribution in [0.4, 0.5) is 4.79 Å². The SMILES string of the molecule is O=C(NCCc1cccnc1)[C@@H]1COC(=O)N1CC1CCOC1. The van der Waals surface area contributed by atoms with Gasteiger partial charge in [0.15, 0.2) is 0 Å². The molecule has 0 radical (unpaired) electrons. The van der Waals surface area contributed by atoms with Crippen LogP contribution < -0.4 is 5.32 Å². The van der Waals surface area contributed by atoms with E-state index in [0.29, 0.717) is 26.1 Å². The third kappa shape index (κ3) is 3.98. The molecule has 1 aromatic heterocycles. The van der Waals surface area contributed by atoms with E-state index >= 15 is 0 Å². The molecule has 23 heavy (non-hydrogen) atoms. The number of carbonyl (C=O) groups excluding carboxylic acids is 2. The fourth-order valence-corrected chi connectivity index (χ4v) is 2.87. The summed E-state index contributed by atoms with van der Waals surface area (Å²) in [6.07, 6.45) is 4.70. The first-order valence-electron chi connectivity index (χ1n) is 7.92. The van der Waals surface area contributed by atoms with Crippen LogP contribution in [0, 0.1) is 5.92 Å². The van der Waals surface area contributed by atoms with Gasteiger partial charge in [0.1, 0.15) is 12.6 Å². The van der Waals surface area contributed by atoms with Crippen molar-refractivity contribution in [3.05, 3.63) is 30.1 Å². The van der Waals surface area contributed by atoms with Crippen molar-refractivity contribution in [1.82, 2.24) is 15.2 Å². The predicted octanol–water partition coefficient (Wildman–Crippen LogP) is 0.598. The van der Waals surface area contributed by atoms with Gasteiger partial charge in [0.2, 0.25) is 5.91 Å². The van der Waals surface area contributed by atoms with E-state index in [4.69, 9.17) is 9.47 Å². The molecular weight excluding hydrogens is 298 g/mol. The molecule has 124 valence electrons. The molecule has 0 aliphatic carbocycles. The summed E-state index contributed by atoms with van der Waals surface area (Å²) in [5.74, 6) is 0.116. The third-order valence-electron chi connectivity index (χ3n) is 4.19. The largest absolute Gasteiger partial charge is 0.447 e.